The SMILES string of the molecule is CCCCC(C)=C(C)c1cc(O)c2c(c1)OC(C)(C)C1CCC(N(C(C)C)C(C)C)CC21. The highest BCUT2D eigenvalue weighted by atomic mass is 16.5. The van der Waals surface area contributed by atoms with Crippen molar-refractivity contribution < 1.29 is 9.84 Å². The molecule has 0 radical (unpaired) electrons. The average molecular weight is 442 g/mol. The molecule has 1 aromatic carbocycles. The van der Waals surface area contributed by atoms with E-state index in [4.69, 9.17) is 4.74 Å². The Bertz CT molecular complexity index is 828. The van der Waals surface area contributed by atoms with Crippen LogP contribution in [0.5, 0.6) is 11.5 Å². The van der Waals surface area contributed by atoms with Crippen LogP contribution in [0.25, 0.3) is 5.57 Å². The predicted octanol–water partition coefficient (Wildman–Crippen LogP) is 7.92. The minimum Gasteiger partial charge on any atom is -0.507 e. The summed E-state index contributed by atoms with van der Waals surface area (Å²) in [6.45, 7) is 20.4. The van der Waals surface area contributed by atoms with E-state index >= 15 is 0 Å². The van der Waals surface area contributed by atoms with E-state index in [-0.39, 0.29) is 5.60 Å². The molecule has 1 saturated carbocycles. The molecule has 180 valence electrons. The molecule has 0 spiro atoms. The van der Waals surface area contributed by atoms with Crippen molar-refractivity contribution in [2.45, 2.75) is 130 Å². The molecule has 0 bridgehead atoms. The molecule has 3 rings (SSSR count). The lowest BCUT2D eigenvalue weighted by molar-refractivity contribution is -0.0314. The zero-order chi connectivity index (χ0) is 23.8. The third-order valence-corrected chi connectivity index (χ3v) is 8.17. The Morgan fingerprint density at radius 2 is 1.78 bits per heavy atom. The van der Waals surface area contributed by atoms with Gasteiger partial charge in [0.05, 0.1) is 0 Å². The first-order valence-corrected chi connectivity index (χ1v) is 13.0. The molecule has 1 aliphatic heterocycles. The maximum Gasteiger partial charge on any atom is 0.127 e. The third kappa shape index (κ3) is 4.88. The largest absolute Gasteiger partial charge is 0.507 e. The second-order valence-corrected chi connectivity index (χ2v) is 11.4. The summed E-state index contributed by atoms with van der Waals surface area (Å²) in [6.07, 6.45) is 6.96. The van der Waals surface area contributed by atoms with E-state index in [1.54, 1.807) is 0 Å². The van der Waals surface area contributed by atoms with Crippen LogP contribution in [0, 0.1) is 5.92 Å². The second kappa shape index (κ2) is 9.79. The second-order valence-electron chi connectivity index (χ2n) is 11.4. The smallest absolute Gasteiger partial charge is 0.127 e. The normalized spacial score (nSPS) is 25.4. The van der Waals surface area contributed by atoms with Crippen LogP contribution in [-0.4, -0.2) is 33.7 Å². The van der Waals surface area contributed by atoms with E-state index in [2.05, 4.69) is 73.3 Å². The van der Waals surface area contributed by atoms with E-state index in [9.17, 15) is 5.11 Å². The minimum absolute atomic E-state index is 0.219. The Hall–Kier alpha value is -1.48. The molecule has 1 heterocycles. The molecule has 1 aliphatic carbocycles. The fraction of sp³-hybridized carbons (Fsp3) is 0.724. The molecule has 0 amide bonds. The number of phenols is 1. The Morgan fingerprint density at radius 3 is 2.38 bits per heavy atom. The summed E-state index contributed by atoms with van der Waals surface area (Å²) in [7, 11) is 0. The van der Waals surface area contributed by atoms with Gasteiger partial charge in [0, 0.05) is 29.6 Å². The van der Waals surface area contributed by atoms with Gasteiger partial charge in [0.2, 0.25) is 0 Å². The Balaban J connectivity index is 2.01. The van der Waals surface area contributed by atoms with Crippen LogP contribution in [0.3, 0.4) is 0 Å². The zero-order valence-electron chi connectivity index (χ0n) is 22.1. The molecular weight excluding hydrogens is 394 g/mol. The highest BCUT2D eigenvalue weighted by Crippen LogP contribution is 2.55. The first-order valence-electron chi connectivity index (χ1n) is 13.0. The minimum atomic E-state index is -0.219. The van der Waals surface area contributed by atoms with Crippen LogP contribution in [0.1, 0.15) is 118 Å². The van der Waals surface area contributed by atoms with Crippen molar-refractivity contribution in [1.82, 2.24) is 4.90 Å². The van der Waals surface area contributed by atoms with Crippen molar-refractivity contribution in [3.8, 4) is 11.5 Å². The van der Waals surface area contributed by atoms with Crippen LogP contribution in [0.4, 0.5) is 0 Å². The average Bonchev–Trinajstić information content (AvgIpc) is 2.69. The summed E-state index contributed by atoms with van der Waals surface area (Å²) >= 11 is 0. The van der Waals surface area contributed by atoms with Gasteiger partial charge in [-0.1, -0.05) is 18.9 Å². The summed E-state index contributed by atoms with van der Waals surface area (Å²) < 4.78 is 6.62. The lowest BCUT2D eigenvalue weighted by Crippen LogP contribution is -2.52. The molecule has 1 N–H and O–H groups in total. The highest BCUT2D eigenvalue weighted by Gasteiger charge is 2.48. The van der Waals surface area contributed by atoms with Crippen LogP contribution < -0.4 is 4.74 Å². The number of hydrogen-bond acceptors (Lipinski definition) is 3. The number of rotatable bonds is 7. The van der Waals surface area contributed by atoms with E-state index in [1.807, 2.05) is 6.07 Å². The molecule has 2 aliphatic rings. The number of aromatic hydroxyl groups is 1. The topological polar surface area (TPSA) is 32.7 Å². The molecule has 3 heteroatoms. The lowest BCUT2D eigenvalue weighted by Gasteiger charge is -2.52. The molecule has 3 unspecified atom stereocenters. The van der Waals surface area contributed by atoms with E-state index in [1.165, 1.54) is 30.4 Å². The summed E-state index contributed by atoms with van der Waals surface area (Å²) in [6, 6.07) is 5.80. The Morgan fingerprint density at radius 1 is 1.12 bits per heavy atom. The summed E-state index contributed by atoms with van der Waals surface area (Å²) in [4.78, 5) is 2.67. The first kappa shape index (κ1) is 25.1. The number of unbranched alkanes of at least 4 members (excludes halogenated alkanes) is 1. The van der Waals surface area contributed by atoms with Gasteiger partial charge in [-0.15, -0.1) is 0 Å². The van der Waals surface area contributed by atoms with E-state index in [0.29, 0.717) is 35.7 Å². The molecule has 0 aromatic heterocycles. The van der Waals surface area contributed by atoms with Gasteiger partial charge in [0.15, 0.2) is 0 Å². The fourth-order valence-corrected chi connectivity index (χ4v) is 6.53. The van der Waals surface area contributed by atoms with Crippen molar-refractivity contribution in [3.63, 3.8) is 0 Å². The summed E-state index contributed by atoms with van der Waals surface area (Å²) in [5.41, 5.74) is 4.61. The number of ether oxygens (including phenoxy) is 1. The van der Waals surface area contributed by atoms with Gasteiger partial charge in [0.25, 0.3) is 0 Å². The molecule has 3 atom stereocenters. The quantitative estimate of drug-likeness (QED) is 0.466. The van der Waals surface area contributed by atoms with Gasteiger partial charge in [-0.2, -0.15) is 0 Å². The maximum absolute atomic E-state index is 11.3. The summed E-state index contributed by atoms with van der Waals surface area (Å²) in [5.74, 6) is 2.10. The van der Waals surface area contributed by atoms with Crippen molar-refractivity contribution in [3.05, 3.63) is 28.8 Å². The Kier molecular flexibility index (Phi) is 7.70. The monoisotopic (exact) mass is 441 g/mol. The highest BCUT2D eigenvalue weighted by molar-refractivity contribution is 5.71. The fourth-order valence-electron chi connectivity index (χ4n) is 6.53. The number of phenolic OH excluding ortho intramolecular Hbond substituents is 1. The predicted molar refractivity (Wildman–Crippen MR) is 137 cm³/mol. The van der Waals surface area contributed by atoms with Crippen molar-refractivity contribution in [2.75, 3.05) is 0 Å². The van der Waals surface area contributed by atoms with Gasteiger partial charge in [0.1, 0.15) is 17.1 Å². The van der Waals surface area contributed by atoms with E-state index in [0.717, 1.165) is 36.1 Å². The lowest BCUT2D eigenvalue weighted by atomic mass is 9.65. The van der Waals surface area contributed by atoms with Gasteiger partial charge < -0.3 is 9.84 Å². The van der Waals surface area contributed by atoms with Crippen LogP contribution in [-0.2, 0) is 0 Å². The van der Waals surface area contributed by atoms with Crippen molar-refractivity contribution in [2.24, 2.45) is 5.92 Å². The van der Waals surface area contributed by atoms with Gasteiger partial charge in [-0.25, -0.2) is 0 Å². The number of allylic oxidation sites excluding steroid dienone is 2. The van der Waals surface area contributed by atoms with Crippen molar-refractivity contribution in [1.29, 1.82) is 0 Å². The molecule has 3 nitrogen and oxygen atoms in total. The van der Waals surface area contributed by atoms with Gasteiger partial charge >= 0.3 is 0 Å². The Labute approximate surface area is 197 Å². The summed E-state index contributed by atoms with van der Waals surface area (Å²) in [5, 5.41) is 11.3. The van der Waals surface area contributed by atoms with Crippen molar-refractivity contribution >= 4 is 5.57 Å². The van der Waals surface area contributed by atoms with Crippen LogP contribution >= 0.6 is 0 Å². The number of hydrogen-bond donors (Lipinski definition) is 1. The molecule has 32 heavy (non-hydrogen) atoms. The van der Waals surface area contributed by atoms with Crippen LogP contribution in [0.15, 0.2) is 17.7 Å². The molecular formula is C29H47NO2. The third-order valence-electron chi connectivity index (χ3n) is 8.17. The first-order chi connectivity index (χ1) is 15.0. The molecule has 1 fully saturated rings. The van der Waals surface area contributed by atoms with Crippen LogP contribution in [0.2, 0.25) is 0 Å². The number of fused-ring (bicyclic) bond motifs is 3. The zero-order valence-corrected chi connectivity index (χ0v) is 22.1. The van der Waals surface area contributed by atoms with Gasteiger partial charge in [-0.05, 0) is 117 Å². The van der Waals surface area contributed by atoms with Gasteiger partial charge in [-0.3, -0.25) is 4.90 Å². The molecule has 0 saturated heterocycles. The molecule has 1 aromatic rings. The van der Waals surface area contributed by atoms with E-state index < -0.39 is 0 Å². The number of nitrogens with zero attached hydrogens (tertiary/aromatic N) is 1. The number of benzene rings is 1. The standard InChI is InChI=1S/C29H47NO2/c1-10-11-12-20(6)21(7)22-15-26(31)28-24-17-23(30(18(2)3)19(4)5)13-14-25(24)29(8,9)32-27(28)16-22/h15-16,18-19,23-25,31H,10-14,17H2,1-9H3. The maximum atomic E-state index is 11.3.